The van der Waals surface area contributed by atoms with Crippen molar-refractivity contribution in [3.05, 3.63) is 19.0 Å². The van der Waals surface area contributed by atoms with Gasteiger partial charge in [0.2, 0.25) is 0 Å². The highest BCUT2D eigenvalue weighted by Crippen LogP contribution is 2.20. The molecule has 0 radical (unpaired) electrons. The molecule has 0 amide bonds. The number of imidazole rings is 1. The molecule has 0 fully saturated rings. The number of aryl methyl sites for hydroxylation is 1. The molecule has 0 aliphatic heterocycles. The van der Waals surface area contributed by atoms with Gasteiger partial charge in [-0.2, -0.15) is 4.31 Å². The molecule has 1 rings (SSSR count). The maximum Gasteiger partial charge on any atom is 0.262 e. The van der Waals surface area contributed by atoms with Crippen molar-refractivity contribution in [3.63, 3.8) is 0 Å². The normalized spacial score (nSPS) is 11.9. The molecule has 0 unspecified atom stereocenters. The van der Waals surface area contributed by atoms with Crippen molar-refractivity contribution in [1.29, 1.82) is 0 Å². The molecule has 1 aromatic rings. The number of sulfonamides is 1. The van der Waals surface area contributed by atoms with Crippen LogP contribution in [0.4, 0.5) is 5.82 Å². The molecule has 90 valence electrons. The number of anilines is 1. The van der Waals surface area contributed by atoms with Crippen molar-refractivity contribution in [2.45, 2.75) is 11.9 Å². The zero-order valence-corrected chi connectivity index (χ0v) is 10.2. The zero-order valence-electron chi connectivity index (χ0n) is 9.42. The minimum absolute atomic E-state index is 0.0185. The number of nitrogen functional groups attached to an aromatic ring is 1. The average Bonchev–Trinajstić information content (AvgIpc) is 2.55. The number of aromatic nitrogens is 2. The molecular formula is C9H16N4O2S. The lowest BCUT2D eigenvalue weighted by atomic mass is 10.6. The van der Waals surface area contributed by atoms with Crippen molar-refractivity contribution in [1.82, 2.24) is 13.9 Å². The van der Waals surface area contributed by atoms with E-state index in [0.717, 1.165) is 0 Å². The number of nitrogens with two attached hydrogens (primary N) is 1. The standard InChI is InChI=1S/C9H16N4O2S/c1-4-6-13(5-2)16(14,15)9-8(10)11-7-12(9)3/h4,7H,1,5-6,10H2,2-3H3. The maximum absolute atomic E-state index is 12.2. The number of hydrogen-bond donors (Lipinski definition) is 1. The van der Waals surface area contributed by atoms with Gasteiger partial charge in [0.15, 0.2) is 10.8 Å². The molecule has 1 aromatic heterocycles. The Bertz CT molecular complexity index is 458. The van der Waals surface area contributed by atoms with Gasteiger partial charge in [-0.1, -0.05) is 13.0 Å². The summed E-state index contributed by atoms with van der Waals surface area (Å²) in [5, 5.41) is 0.0243. The Hall–Kier alpha value is -1.34. The summed E-state index contributed by atoms with van der Waals surface area (Å²) in [6.07, 6.45) is 2.91. The summed E-state index contributed by atoms with van der Waals surface area (Å²) in [5.41, 5.74) is 5.55. The van der Waals surface area contributed by atoms with Crippen LogP contribution >= 0.6 is 0 Å². The van der Waals surface area contributed by atoms with Gasteiger partial charge in [0.1, 0.15) is 0 Å². The van der Waals surface area contributed by atoms with Gasteiger partial charge in [0.05, 0.1) is 6.33 Å². The highest BCUT2D eigenvalue weighted by atomic mass is 32.2. The molecule has 0 spiro atoms. The fourth-order valence-electron chi connectivity index (χ4n) is 1.41. The van der Waals surface area contributed by atoms with Crippen LogP contribution in [0, 0.1) is 0 Å². The topological polar surface area (TPSA) is 81.2 Å². The van der Waals surface area contributed by atoms with Crippen LogP contribution in [0.2, 0.25) is 0 Å². The second-order valence-electron chi connectivity index (χ2n) is 3.29. The van der Waals surface area contributed by atoms with Crippen molar-refractivity contribution in [3.8, 4) is 0 Å². The van der Waals surface area contributed by atoms with Gasteiger partial charge in [-0.3, -0.25) is 0 Å². The largest absolute Gasteiger partial charge is 0.381 e. The summed E-state index contributed by atoms with van der Waals surface area (Å²) >= 11 is 0. The van der Waals surface area contributed by atoms with E-state index in [0.29, 0.717) is 6.54 Å². The van der Waals surface area contributed by atoms with Crippen molar-refractivity contribution >= 4 is 15.8 Å². The van der Waals surface area contributed by atoms with Gasteiger partial charge in [-0.15, -0.1) is 6.58 Å². The van der Waals surface area contributed by atoms with E-state index in [1.54, 1.807) is 14.0 Å². The monoisotopic (exact) mass is 244 g/mol. The number of hydrogen-bond acceptors (Lipinski definition) is 4. The Kier molecular flexibility index (Phi) is 3.71. The van der Waals surface area contributed by atoms with Gasteiger partial charge in [0, 0.05) is 20.1 Å². The van der Waals surface area contributed by atoms with Crippen LogP contribution in [0.3, 0.4) is 0 Å². The van der Waals surface area contributed by atoms with Crippen LogP contribution in [0.1, 0.15) is 6.92 Å². The van der Waals surface area contributed by atoms with E-state index in [1.165, 1.54) is 21.3 Å². The van der Waals surface area contributed by atoms with Crippen molar-refractivity contribution < 1.29 is 8.42 Å². The molecule has 0 aromatic carbocycles. The molecule has 16 heavy (non-hydrogen) atoms. The van der Waals surface area contributed by atoms with E-state index < -0.39 is 10.0 Å². The molecule has 1 heterocycles. The van der Waals surface area contributed by atoms with Gasteiger partial charge in [-0.05, 0) is 0 Å². The van der Waals surface area contributed by atoms with E-state index in [1.807, 2.05) is 0 Å². The fourth-order valence-corrected chi connectivity index (χ4v) is 3.03. The molecule has 0 bridgehead atoms. The minimum atomic E-state index is -3.59. The SMILES string of the molecule is C=CCN(CC)S(=O)(=O)c1c(N)ncn1C. The lowest BCUT2D eigenvalue weighted by molar-refractivity contribution is 0.454. The highest BCUT2D eigenvalue weighted by Gasteiger charge is 2.27. The predicted molar refractivity (Wildman–Crippen MR) is 62.3 cm³/mol. The Morgan fingerprint density at radius 1 is 1.69 bits per heavy atom. The van der Waals surface area contributed by atoms with Crippen molar-refractivity contribution in [2.24, 2.45) is 7.05 Å². The molecule has 0 aliphatic rings. The van der Waals surface area contributed by atoms with Gasteiger partial charge in [-0.25, -0.2) is 13.4 Å². The van der Waals surface area contributed by atoms with Crippen LogP contribution < -0.4 is 5.73 Å². The lowest BCUT2D eigenvalue weighted by Crippen LogP contribution is -2.32. The molecule has 0 atom stereocenters. The molecule has 2 N–H and O–H groups in total. The lowest BCUT2D eigenvalue weighted by Gasteiger charge is -2.18. The summed E-state index contributed by atoms with van der Waals surface area (Å²) in [6.45, 7) is 5.90. The number of rotatable bonds is 5. The predicted octanol–water partition coefficient (Wildman–Crippen LogP) is 0.199. The van der Waals surface area contributed by atoms with E-state index in [9.17, 15) is 8.42 Å². The fraction of sp³-hybridized carbons (Fsp3) is 0.444. The third-order valence-corrected chi connectivity index (χ3v) is 4.25. The summed E-state index contributed by atoms with van der Waals surface area (Å²) < 4.78 is 27.1. The second kappa shape index (κ2) is 4.67. The average molecular weight is 244 g/mol. The summed E-state index contributed by atoms with van der Waals surface area (Å²) in [4.78, 5) is 3.77. The molecular weight excluding hydrogens is 228 g/mol. The minimum Gasteiger partial charge on any atom is -0.381 e. The first-order valence-corrected chi connectivity index (χ1v) is 6.27. The summed E-state index contributed by atoms with van der Waals surface area (Å²) in [5.74, 6) is 0.0185. The molecule has 7 heteroatoms. The quantitative estimate of drug-likeness (QED) is 0.750. The highest BCUT2D eigenvalue weighted by molar-refractivity contribution is 7.89. The zero-order chi connectivity index (χ0) is 12.3. The molecule has 6 nitrogen and oxygen atoms in total. The molecule has 0 aliphatic carbocycles. The van der Waals surface area contributed by atoms with Crippen LogP contribution in [0.5, 0.6) is 0 Å². The summed E-state index contributed by atoms with van der Waals surface area (Å²) in [7, 11) is -2.00. The molecule has 0 saturated carbocycles. The first-order valence-electron chi connectivity index (χ1n) is 4.83. The smallest absolute Gasteiger partial charge is 0.262 e. The molecule has 0 saturated heterocycles. The number of likely N-dealkylation sites (N-methyl/N-ethyl adjacent to an activating group) is 1. The first-order chi connectivity index (χ1) is 7.45. The van der Waals surface area contributed by atoms with E-state index in [2.05, 4.69) is 11.6 Å². The van der Waals surface area contributed by atoms with Crippen LogP contribution in [-0.2, 0) is 17.1 Å². The van der Waals surface area contributed by atoms with E-state index in [4.69, 9.17) is 5.73 Å². The Labute approximate surface area is 95.4 Å². The van der Waals surface area contributed by atoms with Crippen LogP contribution in [0.25, 0.3) is 0 Å². The van der Waals surface area contributed by atoms with E-state index >= 15 is 0 Å². The van der Waals surface area contributed by atoms with Crippen molar-refractivity contribution in [2.75, 3.05) is 18.8 Å². The first kappa shape index (κ1) is 12.7. The Morgan fingerprint density at radius 3 is 2.69 bits per heavy atom. The van der Waals surface area contributed by atoms with Gasteiger partial charge >= 0.3 is 0 Å². The van der Waals surface area contributed by atoms with E-state index in [-0.39, 0.29) is 17.4 Å². The Morgan fingerprint density at radius 2 is 2.31 bits per heavy atom. The second-order valence-corrected chi connectivity index (χ2v) is 5.14. The van der Waals surface area contributed by atoms with Gasteiger partial charge in [0.25, 0.3) is 10.0 Å². The van der Waals surface area contributed by atoms with Crippen LogP contribution in [-0.4, -0.2) is 35.4 Å². The Balaban J connectivity index is 3.25. The third kappa shape index (κ3) is 2.10. The third-order valence-electron chi connectivity index (χ3n) is 2.18. The van der Waals surface area contributed by atoms with Crippen LogP contribution in [0.15, 0.2) is 24.0 Å². The number of nitrogens with zero attached hydrogens (tertiary/aromatic N) is 3. The summed E-state index contributed by atoms with van der Waals surface area (Å²) in [6, 6.07) is 0. The van der Waals surface area contributed by atoms with Gasteiger partial charge < -0.3 is 10.3 Å². The maximum atomic E-state index is 12.2.